The van der Waals surface area contributed by atoms with Crippen molar-refractivity contribution in [3.63, 3.8) is 0 Å². The van der Waals surface area contributed by atoms with Crippen LogP contribution in [0.2, 0.25) is 10.0 Å². The van der Waals surface area contributed by atoms with E-state index in [-0.39, 0.29) is 6.04 Å². The molecule has 1 unspecified atom stereocenters. The van der Waals surface area contributed by atoms with Crippen molar-refractivity contribution >= 4 is 23.2 Å². The van der Waals surface area contributed by atoms with Gasteiger partial charge in [-0.25, -0.2) is 0 Å². The van der Waals surface area contributed by atoms with Crippen LogP contribution in [0.5, 0.6) is 5.75 Å². The van der Waals surface area contributed by atoms with Gasteiger partial charge in [0.1, 0.15) is 5.75 Å². The van der Waals surface area contributed by atoms with Gasteiger partial charge < -0.3 is 10.5 Å². The molecular formula is C15H15Cl2NO. The zero-order valence-electron chi connectivity index (χ0n) is 10.8. The molecule has 0 heterocycles. The number of hydrogen-bond acceptors (Lipinski definition) is 2. The highest BCUT2D eigenvalue weighted by atomic mass is 35.5. The van der Waals surface area contributed by atoms with Gasteiger partial charge in [0.05, 0.1) is 17.2 Å². The van der Waals surface area contributed by atoms with Gasteiger partial charge >= 0.3 is 0 Å². The van der Waals surface area contributed by atoms with Crippen molar-refractivity contribution in [3.8, 4) is 16.9 Å². The molecule has 2 nitrogen and oxygen atoms in total. The second kappa shape index (κ2) is 5.83. The minimum absolute atomic E-state index is 0.0348. The van der Waals surface area contributed by atoms with E-state index in [0.717, 1.165) is 22.4 Å². The lowest BCUT2D eigenvalue weighted by Gasteiger charge is -2.13. The Kier molecular flexibility index (Phi) is 4.35. The van der Waals surface area contributed by atoms with Crippen LogP contribution in [-0.2, 0) is 0 Å². The largest absolute Gasteiger partial charge is 0.496 e. The molecule has 0 aliphatic heterocycles. The Hall–Kier alpha value is -1.22. The smallest absolute Gasteiger partial charge is 0.126 e. The molecule has 0 saturated carbocycles. The van der Waals surface area contributed by atoms with E-state index >= 15 is 0 Å². The third-order valence-corrected chi connectivity index (χ3v) is 3.72. The summed E-state index contributed by atoms with van der Waals surface area (Å²) in [5.41, 5.74) is 8.87. The Bertz CT molecular complexity index is 597. The maximum Gasteiger partial charge on any atom is 0.126 e. The minimum Gasteiger partial charge on any atom is -0.496 e. The zero-order valence-corrected chi connectivity index (χ0v) is 12.3. The molecule has 0 fully saturated rings. The van der Waals surface area contributed by atoms with Crippen LogP contribution in [0.1, 0.15) is 18.5 Å². The quantitative estimate of drug-likeness (QED) is 0.891. The highest BCUT2D eigenvalue weighted by Gasteiger charge is 2.10. The Labute approximate surface area is 123 Å². The predicted molar refractivity (Wildman–Crippen MR) is 81.1 cm³/mol. The first-order valence-electron chi connectivity index (χ1n) is 5.92. The van der Waals surface area contributed by atoms with Gasteiger partial charge in [-0.3, -0.25) is 0 Å². The maximum atomic E-state index is 6.06. The maximum absolute atomic E-state index is 6.06. The molecule has 0 bridgehead atoms. The second-order valence-corrected chi connectivity index (χ2v) is 5.19. The van der Waals surface area contributed by atoms with Gasteiger partial charge in [0, 0.05) is 11.6 Å². The van der Waals surface area contributed by atoms with E-state index in [2.05, 4.69) is 0 Å². The Morgan fingerprint density at radius 2 is 1.79 bits per heavy atom. The number of hydrogen-bond donors (Lipinski definition) is 1. The molecular weight excluding hydrogens is 281 g/mol. The lowest BCUT2D eigenvalue weighted by atomic mass is 9.99. The summed E-state index contributed by atoms with van der Waals surface area (Å²) < 4.78 is 5.39. The summed E-state index contributed by atoms with van der Waals surface area (Å²) in [6.45, 7) is 1.94. The molecule has 1 atom stereocenters. The van der Waals surface area contributed by atoms with Crippen LogP contribution in [0.25, 0.3) is 11.1 Å². The number of ether oxygens (including phenoxy) is 1. The monoisotopic (exact) mass is 295 g/mol. The Balaban J connectivity index is 2.58. The van der Waals surface area contributed by atoms with Gasteiger partial charge in [-0.1, -0.05) is 35.3 Å². The number of benzene rings is 2. The molecule has 0 amide bonds. The first-order chi connectivity index (χ1) is 9.02. The van der Waals surface area contributed by atoms with Crippen molar-refractivity contribution < 1.29 is 4.74 Å². The summed E-state index contributed by atoms with van der Waals surface area (Å²) in [6.07, 6.45) is 0. The Morgan fingerprint density at radius 3 is 2.37 bits per heavy atom. The molecule has 0 radical (unpaired) electrons. The molecule has 4 heteroatoms. The fraction of sp³-hybridized carbons (Fsp3) is 0.200. The standard InChI is InChI=1S/C15H15Cl2NO/c1-9(18)10-4-6-15(19-2)12(7-10)11-3-5-13(16)14(17)8-11/h3-9H,18H2,1-2H3. The number of nitrogens with two attached hydrogens (primary N) is 1. The summed E-state index contributed by atoms with van der Waals surface area (Å²) in [7, 11) is 1.64. The first-order valence-corrected chi connectivity index (χ1v) is 6.67. The van der Waals surface area contributed by atoms with Crippen molar-refractivity contribution in [1.29, 1.82) is 0 Å². The van der Waals surface area contributed by atoms with Crippen LogP contribution < -0.4 is 10.5 Å². The van der Waals surface area contributed by atoms with Crippen molar-refractivity contribution in [2.45, 2.75) is 13.0 Å². The van der Waals surface area contributed by atoms with Crippen LogP contribution in [0, 0.1) is 0 Å². The first kappa shape index (κ1) is 14.2. The number of rotatable bonds is 3. The summed E-state index contributed by atoms with van der Waals surface area (Å²) >= 11 is 12.0. The van der Waals surface area contributed by atoms with Gasteiger partial charge in [0.2, 0.25) is 0 Å². The van der Waals surface area contributed by atoms with Crippen LogP contribution >= 0.6 is 23.2 Å². The number of methoxy groups -OCH3 is 1. The molecule has 0 aliphatic rings. The van der Waals surface area contributed by atoms with Crippen molar-refractivity contribution in [1.82, 2.24) is 0 Å². The van der Waals surface area contributed by atoms with Crippen LogP contribution in [0.15, 0.2) is 36.4 Å². The van der Waals surface area contributed by atoms with Gasteiger partial charge in [-0.15, -0.1) is 0 Å². The lowest BCUT2D eigenvalue weighted by Crippen LogP contribution is -2.05. The molecule has 2 aromatic rings. The minimum atomic E-state index is -0.0348. The Morgan fingerprint density at radius 1 is 1.05 bits per heavy atom. The van der Waals surface area contributed by atoms with E-state index in [9.17, 15) is 0 Å². The van der Waals surface area contributed by atoms with E-state index in [1.165, 1.54) is 0 Å². The highest BCUT2D eigenvalue weighted by Crippen LogP contribution is 2.35. The van der Waals surface area contributed by atoms with E-state index in [4.69, 9.17) is 33.7 Å². The van der Waals surface area contributed by atoms with Crippen molar-refractivity contribution in [2.75, 3.05) is 7.11 Å². The molecule has 100 valence electrons. The van der Waals surface area contributed by atoms with Crippen LogP contribution in [0.3, 0.4) is 0 Å². The molecule has 0 aliphatic carbocycles. The lowest BCUT2D eigenvalue weighted by molar-refractivity contribution is 0.416. The molecule has 2 aromatic carbocycles. The molecule has 0 saturated heterocycles. The zero-order chi connectivity index (χ0) is 14.0. The summed E-state index contributed by atoms with van der Waals surface area (Å²) in [5.74, 6) is 0.780. The summed E-state index contributed by atoms with van der Waals surface area (Å²) in [4.78, 5) is 0. The van der Waals surface area contributed by atoms with Gasteiger partial charge in [-0.05, 0) is 42.3 Å². The van der Waals surface area contributed by atoms with E-state index in [0.29, 0.717) is 10.0 Å². The molecule has 19 heavy (non-hydrogen) atoms. The SMILES string of the molecule is COc1ccc(C(C)N)cc1-c1ccc(Cl)c(Cl)c1. The summed E-state index contributed by atoms with van der Waals surface area (Å²) in [5, 5.41) is 1.06. The topological polar surface area (TPSA) is 35.2 Å². The third kappa shape index (κ3) is 3.03. The second-order valence-electron chi connectivity index (χ2n) is 4.38. The third-order valence-electron chi connectivity index (χ3n) is 2.98. The average Bonchev–Trinajstić information content (AvgIpc) is 2.41. The normalized spacial score (nSPS) is 12.3. The fourth-order valence-electron chi connectivity index (χ4n) is 1.90. The van der Waals surface area contributed by atoms with Crippen LogP contribution in [-0.4, -0.2) is 7.11 Å². The molecule has 2 rings (SSSR count). The van der Waals surface area contributed by atoms with Gasteiger partial charge in [0.25, 0.3) is 0 Å². The van der Waals surface area contributed by atoms with E-state index in [1.54, 1.807) is 13.2 Å². The average molecular weight is 296 g/mol. The van der Waals surface area contributed by atoms with Crippen molar-refractivity contribution in [2.24, 2.45) is 5.73 Å². The summed E-state index contributed by atoms with van der Waals surface area (Å²) in [6, 6.07) is 11.4. The van der Waals surface area contributed by atoms with Gasteiger partial charge in [-0.2, -0.15) is 0 Å². The van der Waals surface area contributed by atoms with Crippen LogP contribution in [0.4, 0.5) is 0 Å². The van der Waals surface area contributed by atoms with Crippen molar-refractivity contribution in [3.05, 3.63) is 52.0 Å². The molecule has 0 aromatic heterocycles. The van der Waals surface area contributed by atoms with E-state index < -0.39 is 0 Å². The van der Waals surface area contributed by atoms with E-state index in [1.807, 2.05) is 37.3 Å². The molecule has 2 N–H and O–H groups in total. The fourth-order valence-corrected chi connectivity index (χ4v) is 2.20. The predicted octanol–water partition coefficient (Wildman–Crippen LogP) is 4.69. The number of halogens is 2. The van der Waals surface area contributed by atoms with Gasteiger partial charge in [0.15, 0.2) is 0 Å². The molecule has 0 spiro atoms. The highest BCUT2D eigenvalue weighted by molar-refractivity contribution is 6.42.